The average Bonchev–Trinajstić information content (AvgIpc) is 2.95. The van der Waals surface area contributed by atoms with Crippen molar-refractivity contribution < 1.29 is 9.84 Å². The van der Waals surface area contributed by atoms with Crippen LogP contribution >= 0.6 is 0 Å². The molecule has 1 atom stereocenters. The summed E-state index contributed by atoms with van der Waals surface area (Å²) in [5.74, 6) is 1.02. The minimum absolute atomic E-state index is 0.394. The number of aliphatic hydroxyl groups excluding tert-OH is 1. The molecule has 1 heterocycles. The first-order chi connectivity index (χ1) is 10.1. The molecule has 0 fully saturated rings. The molecule has 0 bridgehead atoms. The van der Waals surface area contributed by atoms with Crippen molar-refractivity contribution in [3.8, 4) is 5.75 Å². The van der Waals surface area contributed by atoms with E-state index in [9.17, 15) is 5.11 Å². The molecule has 0 saturated carbocycles. The van der Waals surface area contributed by atoms with Crippen LogP contribution < -0.4 is 4.74 Å². The van der Waals surface area contributed by atoms with E-state index in [1.54, 1.807) is 0 Å². The summed E-state index contributed by atoms with van der Waals surface area (Å²) in [6, 6.07) is 12.5. The number of benzene rings is 2. The smallest absolute Gasteiger partial charge is 0.122 e. The van der Waals surface area contributed by atoms with Gasteiger partial charge in [-0.15, -0.1) is 0 Å². The molecule has 2 nitrogen and oxygen atoms in total. The second kappa shape index (κ2) is 5.90. The van der Waals surface area contributed by atoms with Gasteiger partial charge in [0, 0.05) is 6.42 Å². The lowest BCUT2D eigenvalue weighted by atomic mass is 9.95. The van der Waals surface area contributed by atoms with Crippen molar-refractivity contribution in [2.45, 2.75) is 39.2 Å². The van der Waals surface area contributed by atoms with Crippen molar-refractivity contribution in [1.82, 2.24) is 0 Å². The van der Waals surface area contributed by atoms with Crippen LogP contribution in [-0.4, -0.2) is 11.7 Å². The minimum atomic E-state index is -0.394. The molecule has 2 aromatic carbocycles. The van der Waals surface area contributed by atoms with E-state index in [2.05, 4.69) is 38.1 Å². The summed E-state index contributed by atoms with van der Waals surface area (Å²) in [7, 11) is 0. The summed E-state index contributed by atoms with van der Waals surface area (Å²) in [4.78, 5) is 0. The Bertz CT molecular complexity index is 646. The van der Waals surface area contributed by atoms with Crippen molar-refractivity contribution in [3.63, 3.8) is 0 Å². The summed E-state index contributed by atoms with van der Waals surface area (Å²) >= 11 is 0. The number of rotatable bonds is 4. The van der Waals surface area contributed by atoms with Crippen molar-refractivity contribution in [3.05, 3.63) is 64.2 Å². The first-order valence-corrected chi connectivity index (χ1v) is 7.64. The highest BCUT2D eigenvalue weighted by Gasteiger charge is 2.14. The van der Waals surface area contributed by atoms with Gasteiger partial charge in [0.2, 0.25) is 0 Å². The van der Waals surface area contributed by atoms with Crippen LogP contribution in [-0.2, 0) is 12.8 Å². The van der Waals surface area contributed by atoms with Gasteiger partial charge in [-0.05, 0) is 60.6 Å². The third-order valence-electron chi connectivity index (χ3n) is 4.47. The summed E-state index contributed by atoms with van der Waals surface area (Å²) in [5.41, 5.74) is 6.07. The maximum atomic E-state index is 10.5. The average molecular weight is 282 g/mol. The minimum Gasteiger partial charge on any atom is -0.493 e. The predicted molar refractivity (Wildman–Crippen MR) is 84.8 cm³/mol. The van der Waals surface area contributed by atoms with Crippen molar-refractivity contribution in [2.24, 2.45) is 0 Å². The summed E-state index contributed by atoms with van der Waals surface area (Å²) in [5, 5.41) is 10.5. The largest absolute Gasteiger partial charge is 0.493 e. The molecule has 1 aliphatic heterocycles. The number of ether oxygens (including phenoxy) is 1. The normalized spacial score (nSPS) is 14.6. The molecule has 0 radical (unpaired) electrons. The molecule has 3 rings (SSSR count). The van der Waals surface area contributed by atoms with Crippen LogP contribution in [0.4, 0.5) is 0 Å². The predicted octanol–water partition coefficient (Wildman–Crippen LogP) is 3.90. The maximum absolute atomic E-state index is 10.5. The van der Waals surface area contributed by atoms with Gasteiger partial charge in [0.1, 0.15) is 5.75 Å². The summed E-state index contributed by atoms with van der Waals surface area (Å²) < 4.78 is 5.53. The van der Waals surface area contributed by atoms with E-state index in [1.807, 2.05) is 12.1 Å². The molecule has 0 saturated heterocycles. The van der Waals surface area contributed by atoms with Gasteiger partial charge in [-0.1, -0.05) is 30.3 Å². The Hall–Kier alpha value is -1.80. The topological polar surface area (TPSA) is 29.5 Å². The van der Waals surface area contributed by atoms with E-state index in [1.165, 1.54) is 22.3 Å². The molecule has 21 heavy (non-hydrogen) atoms. The number of aryl methyl sites for hydroxylation is 2. The van der Waals surface area contributed by atoms with E-state index in [-0.39, 0.29) is 0 Å². The summed E-state index contributed by atoms with van der Waals surface area (Å²) in [6.45, 7) is 4.97. The molecule has 1 aliphatic rings. The van der Waals surface area contributed by atoms with Crippen LogP contribution in [0, 0.1) is 13.8 Å². The van der Waals surface area contributed by atoms with Crippen LogP contribution in [0.1, 0.15) is 40.3 Å². The molecule has 0 aliphatic carbocycles. The van der Waals surface area contributed by atoms with E-state index in [0.29, 0.717) is 0 Å². The van der Waals surface area contributed by atoms with E-state index in [0.717, 1.165) is 37.2 Å². The molecule has 1 unspecified atom stereocenters. The van der Waals surface area contributed by atoms with Gasteiger partial charge in [-0.3, -0.25) is 0 Å². The Morgan fingerprint density at radius 3 is 2.90 bits per heavy atom. The lowest BCUT2D eigenvalue weighted by Crippen LogP contribution is -2.03. The number of hydrogen-bond acceptors (Lipinski definition) is 2. The van der Waals surface area contributed by atoms with Gasteiger partial charge >= 0.3 is 0 Å². The fourth-order valence-electron chi connectivity index (χ4n) is 2.99. The van der Waals surface area contributed by atoms with Crippen LogP contribution in [0.25, 0.3) is 0 Å². The third-order valence-corrected chi connectivity index (χ3v) is 4.47. The molecule has 2 heteroatoms. The van der Waals surface area contributed by atoms with Gasteiger partial charge in [0.05, 0.1) is 12.7 Å². The highest BCUT2D eigenvalue weighted by molar-refractivity contribution is 5.40. The van der Waals surface area contributed by atoms with Crippen LogP contribution in [0.3, 0.4) is 0 Å². The highest BCUT2D eigenvalue weighted by Crippen LogP contribution is 2.28. The first kappa shape index (κ1) is 14.2. The van der Waals surface area contributed by atoms with Gasteiger partial charge in [0.15, 0.2) is 0 Å². The maximum Gasteiger partial charge on any atom is 0.122 e. The van der Waals surface area contributed by atoms with Crippen molar-refractivity contribution in [1.29, 1.82) is 0 Å². The van der Waals surface area contributed by atoms with Crippen LogP contribution in [0.2, 0.25) is 0 Å². The molecule has 110 valence electrons. The Labute approximate surface area is 126 Å². The number of hydrogen-bond donors (Lipinski definition) is 1. The molecule has 2 aromatic rings. The molecule has 0 spiro atoms. The number of aliphatic hydroxyl groups is 1. The summed E-state index contributed by atoms with van der Waals surface area (Å²) in [6.07, 6.45) is 2.25. The lowest BCUT2D eigenvalue weighted by molar-refractivity contribution is 0.167. The highest BCUT2D eigenvalue weighted by atomic mass is 16.5. The zero-order valence-electron chi connectivity index (χ0n) is 12.7. The Morgan fingerprint density at radius 2 is 2.05 bits per heavy atom. The zero-order chi connectivity index (χ0) is 14.8. The van der Waals surface area contributed by atoms with Gasteiger partial charge in [-0.2, -0.15) is 0 Å². The number of fused-ring (bicyclic) bond motifs is 1. The molecule has 1 N–H and O–H groups in total. The van der Waals surface area contributed by atoms with Gasteiger partial charge in [-0.25, -0.2) is 0 Å². The molecule has 0 amide bonds. The Balaban J connectivity index is 1.68. The van der Waals surface area contributed by atoms with Crippen molar-refractivity contribution in [2.75, 3.05) is 6.61 Å². The van der Waals surface area contributed by atoms with Gasteiger partial charge in [0.25, 0.3) is 0 Å². The Kier molecular flexibility index (Phi) is 3.98. The fraction of sp³-hybridized carbons (Fsp3) is 0.368. The molecular formula is C19H22O2. The van der Waals surface area contributed by atoms with E-state index in [4.69, 9.17) is 4.74 Å². The van der Waals surface area contributed by atoms with Crippen LogP contribution in [0.5, 0.6) is 5.75 Å². The monoisotopic (exact) mass is 282 g/mol. The van der Waals surface area contributed by atoms with Crippen LogP contribution in [0.15, 0.2) is 36.4 Å². The van der Waals surface area contributed by atoms with Crippen molar-refractivity contribution >= 4 is 0 Å². The van der Waals surface area contributed by atoms with E-state index >= 15 is 0 Å². The second-order valence-electron chi connectivity index (χ2n) is 5.88. The third kappa shape index (κ3) is 2.96. The lowest BCUT2D eigenvalue weighted by Gasteiger charge is -2.15. The van der Waals surface area contributed by atoms with Gasteiger partial charge < -0.3 is 9.84 Å². The SMILES string of the molecule is Cc1cccc(C(O)CCc2ccc3c(c2)CCO3)c1C. The quantitative estimate of drug-likeness (QED) is 0.921. The van der Waals surface area contributed by atoms with E-state index < -0.39 is 6.10 Å². The second-order valence-corrected chi connectivity index (χ2v) is 5.88. The standard InChI is InChI=1S/C19H22O2/c1-13-4-3-5-17(14(13)2)18(20)8-6-15-7-9-19-16(12-15)10-11-21-19/h3-5,7,9,12,18,20H,6,8,10-11H2,1-2H3. The first-order valence-electron chi connectivity index (χ1n) is 7.64. The molecular weight excluding hydrogens is 260 g/mol. The zero-order valence-corrected chi connectivity index (χ0v) is 12.7. The Morgan fingerprint density at radius 1 is 1.19 bits per heavy atom. The molecule has 0 aromatic heterocycles. The fourth-order valence-corrected chi connectivity index (χ4v) is 2.99.